The highest BCUT2D eigenvalue weighted by Crippen LogP contribution is 2.31. The van der Waals surface area contributed by atoms with Gasteiger partial charge in [0.1, 0.15) is 17.3 Å². The van der Waals surface area contributed by atoms with Crippen LogP contribution < -0.4 is 9.47 Å². The molecular formula is C21H23N3O3S. The maximum Gasteiger partial charge on any atom is 0.196 e. The Morgan fingerprint density at radius 2 is 1.57 bits per heavy atom. The van der Waals surface area contributed by atoms with Gasteiger partial charge in [0, 0.05) is 17.7 Å². The molecule has 3 rings (SSSR count). The zero-order valence-electron chi connectivity index (χ0n) is 16.4. The number of benzene rings is 2. The first-order valence-corrected chi connectivity index (χ1v) is 9.89. The molecule has 0 saturated heterocycles. The standard InChI is InChI=1S/C21H23N3O3S/c1-5-19(25)14(2)28-21-23-22-20(15-6-10-17(26-3)11-7-15)24(21)16-8-12-18(27-4)13-9-16/h6-14H,5H2,1-4H3. The van der Waals surface area contributed by atoms with Gasteiger partial charge in [-0.25, -0.2) is 0 Å². The number of ether oxygens (including phenoxy) is 2. The van der Waals surface area contributed by atoms with Crippen LogP contribution in [0.15, 0.2) is 53.7 Å². The van der Waals surface area contributed by atoms with Crippen LogP contribution in [0.2, 0.25) is 0 Å². The largest absolute Gasteiger partial charge is 0.497 e. The van der Waals surface area contributed by atoms with Crippen LogP contribution in [0, 0.1) is 0 Å². The molecule has 0 radical (unpaired) electrons. The molecule has 1 unspecified atom stereocenters. The van der Waals surface area contributed by atoms with E-state index in [9.17, 15) is 4.79 Å². The first-order chi connectivity index (χ1) is 13.6. The summed E-state index contributed by atoms with van der Waals surface area (Å²) in [6, 6.07) is 15.3. The Morgan fingerprint density at radius 1 is 1.00 bits per heavy atom. The lowest BCUT2D eigenvalue weighted by molar-refractivity contribution is -0.118. The SMILES string of the molecule is CCC(=O)C(C)Sc1nnc(-c2ccc(OC)cc2)n1-c1ccc(OC)cc1. The zero-order chi connectivity index (χ0) is 20.1. The van der Waals surface area contributed by atoms with E-state index in [1.54, 1.807) is 14.2 Å². The van der Waals surface area contributed by atoms with E-state index in [0.29, 0.717) is 17.4 Å². The summed E-state index contributed by atoms with van der Waals surface area (Å²) >= 11 is 1.41. The fourth-order valence-corrected chi connectivity index (χ4v) is 3.75. The predicted octanol–water partition coefficient (Wildman–Crippen LogP) is 4.41. The van der Waals surface area contributed by atoms with Gasteiger partial charge in [-0.05, 0) is 55.5 Å². The number of hydrogen-bond donors (Lipinski definition) is 0. The highest BCUT2D eigenvalue weighted by molar-refractivity contribution is 8.00. The molecule has 0 aliphatic carbocycles. The van der Waals surface area contributed by atoms with E-state index in [0.717, 1.165) is 22.7 Å². The number of aromatic nitrogens is 3. The van der Waals surface area contributed by atoms with Crippen LogP contribution in [0.3, 0.4) is 0 Å². The van der Waals surface area contributed by atoms with E-state index >= 15 is 0 Å². The van der Waals surface area contributed by atoms with Gasteiger partial charge in [0.2, 0.25) is 0 Å². The summed E-state index contributed by atoms with van der Waals surface area (Å²) in [5, 5.41) is 9.25. The summed E-state index contributed by atoms with van der Waals surface area (Å²) in [5.74, 6) is 2.43. The Bertz CT molecular complexity index is 937. The smallest absolute Gasteiger partial charge is 0.196 e. The normalized spacial score (nSPS) is 11.9. The summed E-state index contributed by atoms with van der Waals surface area (Å²) in [6.45, 7) is 3.77. The molecule has 0 bridgehead atoms. The maximum absolute atomic E-state index is 12.1. The third-order valence-electron chi connectivity index (χ3n) is 4.40. The first-order valence-electron chi connectivity index (χ1n) is 9.01. The molecule has 0 aliphatic heterocycles. The fourth-order valence-electron chi connectivity index (χ4n) is 2.75. The summed E-state index contributed by atoms with van der Waals surface area (Å²) in [4.78, 5) is 12.1. The highest BCUT2D eigenvalue weighted by Gasteiger charge is 2.21. The fraction of sp³-hybridized carbons (Fsp3) is 0.286. The van der Waals surface area contributed by atoms with E-state index in [-0.39, 0.29) is 11.0 Å². The topological polar surface area (TPSA) is 66.2 Å². The van der Waals surface area contributed by atoms with Crippen LogP contribution >= 0.6 is 11.8 Å². The third kappa shape index (κ3) is 4.20. The lowest BCUT2D eigenvalue weighted by atomic mass is 10.2. The molecule has 0 spiro atoms. The van der Waals surface area contributed by atoms with E-state index in [1.807, 2.05) is 66.9 Å². The first kappa shape index (κ1) is 19.9. The lowest BCUT2D eigenvalue weighted by Crippen LogP contribution is -2.12. The summed E-state index contributed by atoms with van der Waals surface area (Å²) in [7, 11) is 3.27. The highest BCUT2D eigenvalue weighted by atomic mass is 32.2. The molecule has 2 aromatic carbocycles. The molecule has 0 saturated carbocycles. The van der Waals surface area contributed by atoms with Crippen LogP contribution in [0.5, 0.6) is 11.5 Å². The second-order valence-electron chi connectivity index (χ2n) is 6.15. The quantitative estimate of drug-likeness (QED) is 0.525. The van der Waals surface area contributed by atoms with Gasteiger partial charge in [0.15, 0.2) is 11.0 Å². The minimum atomic E-state index is -0.199. The summed E-state index contributed by atoms with van der Waals surface area (Å²) in [5.41, 5.74) is 1.81. The Kier molecular flexibility index (Phi) is 6.36. The van der Waals surface area contributed by atoms with Crippen LogP contribution in [0.25, 0.3) is 17.1 Å². The van der Waals surface area contributed by atoms with Crippen molar-refractivity contribution in [2.45, 2.75) is 30.7 Å². The van der Waals surface area contributed by atoms with Gasteiger partial charge in [-0.2, -0.15) is 0 Å². The molecule has 0 N–H and O–H groups in total. The number of rotatable bonds is 8. The Balaban J connectivity index is 2.06. The minimum absolute atomic E-state index is 0.181. The van der Waals surface area contributed by atoms with Gasteiger partial charge in [0.25, 0.3) is 0 Å². The van der Waals surface area contributed by atoms with E-state index < -0.39 is 0 Å². The molecule has 6 nitrogen and oxygen atoms in total. The molecule has 1 atom stereocenters. The molecule has 0 amide bonds. The Hall–Kier alpha value is -2.80. The van der Waals surface area contributed by atoms with Crippen LogP contribution in [0.1, 0.15) is 20.3 Å². The van der Waals surface area contributed by atoms with E-state index in [1.165, 1.54) is 11.8 Å². The van der Waals surface area contributed by atoms with Crippen LogP contribution in [-0.2, 0) is 4.79 Å². The molecule has 7 heteroatoms. The number of nitrogens with zero attached hydrogens (tertiary/aromatic N) is 3. The van der Waals surface area contributed by atoms with Crippen molar-refractivity contribution < 1.29 is 14.3 Å². The summed E-state index contributed by atoms with van der Waals surface area (Å²) < 4.78 is 12.5. The minimum Gasteiger partial charge on any atom is -0.497 e. The average molecular weight is 398 g/mol. The van der Waals surface area contributed by atoms with Crippen molar-refractivity contribution in [1.29, 1.82) is 0 Å². The van der Waals surface area contributed by atoms with Crippen molar-refractivity contribution >= 4 is 17.5 Å². The molecule has 1 aromatic heterocycles. The summed E-state index contributed by atoms with van der Waals surface area (Å²) in [6.07, 6.45) is 0.496. The van der Waals surface area contributed by atoms with Crippen molar-refractivity contribution in [3.63, 3.8) is 0 Å². The maximum atomic E-state index is 12.1. The Labute approximate surface area is 168 Å². The van der Waals surface area contributed by atoms with Crippen LogP contribution in [0.4, 0.5) is 0 Å². The number of carbonyl (C=O) groups excluding carboxylic acids is 1. The Morgan fingerprint density at radius 3 is 2.11 bits per heavy atom. The van der Waals surface area contributed by atoms with Crippen molar-refractivity contribution in [3.8, 4) is 28.6 Å². The van der Waals surface area contributed by atoms with Gasteiger partial charge in [0.05, 0.1) is 19.5 Å². The molecule has 28 heavy (non-hydrogen) atoms. The van der Waals surface area contributed by atoms with Crippen LogP contribution in [-0.4, -0.2) is 40.0 Å². The zero-order valence-corrected chi connectivity index (χ0v) is 17.2. The molecule has 0 aliphatic rings. The third-order valence-corrected chi connectivity index (χ3v) is 5.49. The van der Waals surface area contributed by atoms with E-state index in [4.69, 9.17) is 9.47 Å². The monoisotopic (exact) mass is 397 g/mol. The number of thioether (sulfide) groups is 1. The number of carbonyl (C=O) groups is 1. The van der Waals surface area contributed by atoms with Crippen molar-refractivity contribution in [2.24, 2.45) is 0 Å². The van der Waals surface area contributed by atoms with Gasteiger partial charge in [-0.1, -0.05) is 18.7 Å². The van der Waals surface area contributed by atoms with Crippen molar-refractivity contribution in [3.05, 3.63) is 48.5 Å². The molecule has 3 aromatic rings. The van der Waals surface area contributed by atoms with Gasteiger partial charge >= 0.3 is 0 Å². The van der Waals surface area contributed by atoms with Crippen molar-refractivity contribution in [2.75, 3.05) is 14.2 Å². The van der Waals surface area contributed by atoms with E-state index in [2.05, 4.69) is 10.2 Å². The second kappa shape index (κ2) is 8.93. The number of ketones is 1. The van der Waals surface area contributed by atoms with Crippen molar-refractivity contribution in [1.82, 2.24) is 14.8 Å². The number of hydrogen-bond acceptors (Lipinski definition) is 6. The molecule has 146 valence electrons. The predicted molar refractivity (Wildman–Crippen MR) is 111 cm³/mol. The number of methoxy groups -OCH3 is 2. The van der Waals surface area contributed by atoms with Gasteiger partial charge in [-0.3, -0.25) is 9.36 Å². The molecule has 1 heterocycles. The molecule has 0 fully saturated rings. The average Bonchev–Trinajstić information content (AvgIpc) is 3.16. The second-order valence-corrected chi connectivity index (χ2v) is 7.46. The van der Waals surface area contributed by atoms with Gasteiger partial charge < -0.3 is 9.47 Å². The lowest BCUT2D eigenvalue weighted by Gasteiger charge is -2.13. The van der Waals surface area contributed by atoms with Gasteiger partial charge in [-0.15, -0.1) is 10.2 Å². The number of Topliss-reactive ketones (excluding diaryl/α,β-unsaturated/α-hetero) is 1. The molecular weight excluding hydrogens is 374 g/mol.